The van der Waals surface area contributed by atoms with Crippen molar-refractivity contribution in [3.8, 4) is 0 Å². The Kier molecular flexibility index (Phi) is 23.5. The molecule has 0 N–H and O–H groups in total. The average Bonchev–Trinajstić information content (AvgIpc) is 2.51. The van der Waals surface area contributed by atoms with E-state index in [1.54, 1.807) is 18.7 Å². The Morgan fingerprint density at radius 1 is 0.625 bits per heavy atom. The van der Waals surface area contributed by atoms with Gasteiger partial charge in [-0.05, 0) is 43.9 Å². The van der Waals surface area contributed by atoms with Gasteiger partial charge in [0.1, 0.15) is 11.5 Å². The Balaban J connectivity index is 0. The van der Waals surface area contributed by atoms with E-state index < -0.39 is 10.1 Å². The molecule has 0 amide bonds. The Hall–Kier alpha value is 0.260. The van der Waals surface area contributed by atoms with Crippen molar-refractivity contribution in [1.29, 1.82) is 0 Å². The van der Waals surface area contributed by atoms with Crippen molar-refractivity contribution in [1.82, 2.24) is 0 Å². The van der Waals surface area contributed by atoms with Gasteiger partial charge in [0.15, 0.2) is 0 Å². The predicted octanol–water partition coefficient (Wildman–Crippen LogP) is 5.46. The summed E-state index contributed by atoms with van der Waals surface area (Å²) >= 11 is 1.72. The molecular formula is C19H42O3S2. The molecule has 0 rings (SSSR count). The van der Waals surface area contributed by atoms with E-state index in [2.05, 4.69) is 13.8 Å². The minimum Gasteiger partial charge on any atom is -0.748 e. The van der Waals surface area contributed by atoms with E-state index in [9.17, 15) is 13.0 Å². The molecule has 0 aliphatic rings. The second kappa shape index (κ2) is 21.3. The molecule has 3 nitrogen and oxygen atoms in total. The number of rotatable bonds is 16. The van der Waals surface area contributed by atoms with Crippen LogP contribution in [0, 0.1) is 0 Å². The van der Waals surface area contributed by atoms with Gasteiger partial charge in [0, 0.05) is 5.75 Å². The van der Waals surface area contributed by atoms with Crippen molar-refractivity contribution in [3.63, 3.8) is 0 Å². The van der Waals surface area contributed by atoms with Crippen molar-refractivity contribution >= 4 is 21.9 Å². The standard InChI is InChI=1S/C16H34S.C3H8O3S/c1-3-5-7-9-11-13-15-17-16-14-12-10-8-6-4-2;1-2-3-7(4,5)6/h3-16H2,1-2H3;2-3H2,1H3,(H,4,5,6). The van der Waals surface area contributed by atoms with E-state index in [-0.39, 0.29) is 5.75 Å². The molecular weight excluding hydrogens is 340 g/mol. The summed E-state index contributed by atoms with van der Waals surface area (Å²) < 4.78 is 29.0. The minimum atomic E-state index is -3.92. The van der Waals surface area contributed by atoms with E-state index in [4.69, 9.17) is 0 Å². The third-order valence-electron chi connectivity index (χ3n) is 3.79. The third-order valence-corrected chi connectivity index (χ3v) is 5.97. The molecule has 0 aliphatic heterocycles. The number of unbranched alkanes of at least 4 members (excludes halogenated alkanes) is 10. The van der Waals surface area contributed by atoms with Crippen molar-refractivity contribution in [2.75, 3.05) is 17.3 Å². The smallest absolute Gasteiger partial charge is 0.105 e. The molecule has 0 saturated heterocycles. The van der Waals surface area contributed by atoms with Crippen LogP contribution >= 0.6 is 0 Å². The molecule has 0 atom stereocenters. The molecule has 0 bridgehead atoms. The Morgan fingerprint density at radius 2 is 1.00 bits per heavy atom. The Labute approximate surface area is 156 Å². The first-order valence-electron chi connectivity index (χ1n) is 10.0. The highest BCUT2D eigenvalue weighted by Gasteiger charge is 1.98. The zero-order chi connectivity index (χ0) is 18.5. The zero-order valence-electron chi connectivity index (χ0n) is 16.4. The van der Waals surface area contributed by atoms with Crippen LogP contribution < -0.4 is 0 Å². The second-order valence-electron chi connectivity index (χ2n) is 6.47. The summed E-state index contributed by atoms with van der Waals surface area (Å²) in [5.74, 6) is 2.68. The maximum absolute atomic E-state index is 9.68. The van der Waals surface area contributed by atoms with Gasteiger partial charge in [-0.25, -0.2) is 8.42 Å². The summed E-state index contributed by atoms with van der Waals surface area (Å²) in [7, 11) is -3.92. The van der Waals surface area contributed by atoms with E-state index in [1.165, 1.54) is 88.6 Å². The molecule has 0 aliphatic carbocycles. The first-order valence-corrected chi connectivity index (χ1v) is 12.9. The molecule has 0 saturated carbocycles. The molecule has 0 aromatic heterocycles. The number of hydrogen-bond acceptors (Lipinski definition) is 3. The molecule has 0 heterocycles. The first-order chi connectivity index (χ1) is 11.5. The predicted molar refractivity (Wildman–Crippen MR) is 110 cm³/mol. The zero-order valence-corrected chi connectivity index (χ0v) is 18.1. The summed E-state index contributed by atoms with van der Waals surface area (Å²) in [6.07, 6.45) is 17.8. The molecule has 0 aromatic rings. The van der Waals surface area contributed by atoms with Gasteiger partial charge in [-0.2, -0.15) is 0 Å². The van der Waals surface area contributed by atoms with Crippen LogP contribution in [0.1, 0.15) is 104 Å². The molecule has 148 valence electrons. The van der Waals surface area contributed by atoms with Crippen LogP contribution in [0.5, 0.6) is 0 Å². The number of thiol groups is 1. The van der Waals surface area contributed by atoms with Gasteiger partial charge >= 0.3 is 0 Å². The Morgan fingerprint density at radius 3 is 1.29 bits per heavy atom. The fourth-order valence-corrected chi connectivity index (χ4v) is 3.99. The average molecular weight is 383 g/mol. The van der Waals surface area contributed by atoms with E-state index in [1.807, 2.05) is 0 Å². The topological polar surface area (TPSA) is 57.2 Å². The molecule has 0 unspecified atom stereocenters. The highest BCUT2D eigenvalue weighted by atomic mass is 32.2. The summed E-state index contributed by atoms with van der Waals surface area (Å²) in [5.41, 5.74) is 0. The van der Waals surface area contributed by atoms with Gasteiger partial charge in [0.2, 0.25) is 0 Å². The minimum absolute atomic E-state index is 0.243. The van der Waals surface area contributed by atoms with Gasteiger partial charge < -0.3 is 4.55 Å². The van der Waals surface area contributed by atoms with Gasteiger partial charge in [-0.1, -0.05) is 72.1 Å². The van der Waals surface area contributed by atoms with Gasteiger partial charge in [-0.3, -0.25) is 0 Å². The molecule has 0 aromatic carbocycles. The lowest BCUT2D eigenvalue weighted by molar-refractivity contribution is 0.462. The Bertz CT molecular complexity index is 303. The summed E-state index contributed by atoms with van der Waals surface area (Å²) in [6, 6.07) is 0. The lowest BCUT2D eigenvalue weighted by atomic mass is 10.1. The monoisotopic (exact) mass is 382 g/mol. The van der Waals surface area contributed by atoms with Crippen LogP contribution in [0.25, 0.3) is 0 Å². The second-order valence-corrected chi connectivity index (χ2v) is 9.33. The molecule has 0 fully saturated rings. The highest BCUT2D eigenvalue weighted by Crippen LogP contribution is 2.07. The van der Waals surface area contributed by atoms with Crippen LogP contribution in [0.2, 0.25) is 0 Å². The lowest BCUT2D eigenvalue weighted by Gasteiger charge is -2.00. The largest absolute Gasteiger partial charge is 0.748 e. The van der Waals surface area contributed by atoms with Crippen LogP contribution in [-0.2, 0) is 21.9 Å². The van der Waals surface area contributed by atoms with Crippen LogP contribution in [-0.4, -0.2) is 30.2 Å². The first kappa shape index (κ1) is 26.5. The number of hydrogen-bond donors (Lipinski definition) is 0. The maximum atomic E-state index is 9.68. The maximum Gasteiger partial charge on any atom is 0.105 e. The summed E-state index contributed by atoms with van der Waals surface area (Å²) in [4.78, 5) is 0. The van der Waals surface area contributed by atoms with Crippen LogP contribution in [0.3, 0.4) is 0 Å². The van der Waals surface area contributed by atoms with Crippen LogP contribution in [0.15, 0.2) is 0 Å². The fraction of sp³-hybridized carbons (Fsp3) is 1.00. The molecule has 24 heavy (non-hydrogen) atoms. The van der Waals surface area contributed by atoms with Gasteiger partial charge in [0.25, 0.3) is 0 Å². The highest BCUT2D eigenvalue weighted by molar-refractivity contribution is 7.85. The van der Waals surface area contributed by atoms with Crippen LogP contribution in [0.4, 0.5) is 0 Å². The lowest BCUT2D eigenvalue weighted by Crippen LogP contribution is -2.01. The van der Waals surface area contributed by atoms with Crippen molar-refractivity contribution in [2.24, 2.45) is 0 Å². The fourth-order valence-electron chi connectivity index (χ4n) is 2.37. The quantitative estimate of drug-likeness (QED) is 0.154. The summed E-state index contributed by atoms with van der Waals surface area (Å²) in [5, 5.41) is 0. The van der Waals surface area contributed by atoms with Crippen molar-refractivity contribution in [3.05, 3.63) is 0 Å². The van der Waals surface area contributed by atoms with Crippen molar-refractivity contribution in [2.45, 2.75) is 104 Å². The molecule has 0 spiro atoms. The summed E-state index contributed by atoms with van der Waals surface area (Å²) in [6.45, 7) is 6.23. The SMILES string of the molecule is CCCCCCCC[SH+]CCCCCCCC.CCCS(=O)(=O)[O-]. The van der Waals surface area contributed by atoms with Gasteiger partial charge in [0.05, 0.1) is 10.1 Å². The normalized spacial score (nSPS) is 11.2. The van der Waals surface area contributed by atoms with Crippen molar-refractivity contribution < 1.29 is 13.0 Å². The molecule has 0 radical (unpaired) electrons. The van der Waals surface area contributed by atoms with Gasteiger partial charge in [-0.15, -0.1) is 0 Å². The van der Waals surface area contributed by atoms with E-state index in [0.29, 0.717) is 6.42 Å². The third kappa shape index (κ3) is 30.2. The van der Waals surface area contributed by atoms with E-state index >= 15 is 0 Å². The molecule has 5 heteroatoms. The van der Waals surface area contributed by atoms with E-state index in [0.717, 1.165) is 0 Å².